The predicted molar refractivity (Wildman–Crippen MR) is 156 cm³/mol. The van der Waals surface area contributed by atoms with Crippen molar-refractivity contribution >= 4 is 17.2 Å². The summed E-state index contributed by atoms with van der Waals surface area (Å²) in [5.41, 5.74) is 7.42. The molecule has 6 rings (SSSR count). The van der Waals surface area contributed by atoms with Crippen molar-refractivity contribution in [3.05, 3.63) is 61.6 Å². The van der Waals surface area contributed by atoms with Crippen LogP contribution in [0.3, 0.4) is 0 Å². The third kappa shape index (κ3) is 4.43. The van der Waals surface area contributed by atoms with Gasteiger partial charge in [0.2, 0.25) is 0 Å². The number of carbonyl (C=O) groups is 1. The molecule has 4 heterocycles. The van der Waals surface area contributed by atoms with Crippen molar-refractivity contribution in [1.82, 2.24) is 19.8 Å². The van der Waals surface area contributed by atoms with Crippen molar-refractivity contribution in [3.63, 3.8) is 0 Å². The lowest BCUT2D eigenvalue weighted by Crippen LogP contribution is -2.46. The third-order valence-electron chi connectivity index (χ3n) is 9.18. The molecule has 0 saturated heterocycles. The molecule has 9 heteroatoms. The lowest BCUT2D eigenvalue weighted by atomic mass is 9.81. The summed E-state index contributed by atoms with van der Waals surface area (Å²) < 4.78 is 13.5. The molecular weight excluding hydrogens is 524 g/mol. The van der Waals surface area contributed by atoms with Gasteiger partial charge in [0.05, 0.1) is 22.5 Å². The Balaban J connectivity index is 1.38. The van der Waals surface area contributed by atoms with Crippen molar-refractivity contribution in [3.8, 4) is 21.9 Å². The smallest absolute Gasteiger partial charge is 0.254 e. The standard InChI is InChI=1S/C31H38N4O4S/c1-17-13-18(2)33-29(36)23(17)15-35-12-11-22-25(30(35)37)19(3)27-28(26(22)24-14-32-16-40-24)39-31(4,38-27)20-7-9-21(10-8-20)34(5)6/h13-14,16,20-21H,7-12,15H2,1-6H3,(H,33,36)/t20-,21-,31-/m1/s1. The van der Waals surface area contributed by atoms with E-state index in [9.17, 15) is 9.59 Å². The number of fused-ring (bicyclic) bond motifs is 2. The van der Waals surface area contributed by atoms with Gasteiger partial charge in [0.1, 0.15) is 0 Å². The number of nitrogens with zero attached hydrogens (tertiary/aromatic N) is 3. The Bertz CT molecular complexity index is 1520. The third-order valence-corrected chi connectivity index (χ3v) is 9.98. The van der Waals surface area contributed by atoms with E-state index in [4.69, 9.17) is 9.47 Å². The number of amides is 1. The van der Waals surface area contributed by atoms with Crippen molar-refractivity contribution in [2.75, 3.05) is 20.6 Å². The van der Waals surface area contributed by atoms with E-state index in [0.29, 0.717) is 35.9 Å². The van der Waals surface area contributed by atoms with Crippen LogP contribution in [0.1, 0.15) is 70.9 Å². The SMILES string of the molecule is Cc1cc(C)c(CN2CCc3c(c(C)c4c(c3-c3cncs3)O[C@](C)([C@H]3CC[C@H](N(C)C)CC3)O4)C2=O)c(=O)[nH]1. The van der Waals surface area contributed by atoms with Crippen LogP contribution in [-0.4, -0.2) is 58.1 Å². The number of aromatic nitrogens is 2. The van der Waals surface area contributed by atoms with Crippen LogP contribution in [0.4, 0.5) is 0 Å². The second-order valence-electron chi connectivity index (χ2n) is 12.0. The molecule has 1 aromatic carbocycles. The van der Waals surface area contributed by atoms with Crippen molar-refractivity contribution in [2.45, 2.75) is 78.2 Å². The Kier molecular flexibility index (Phi) is 6.78. The first kappa shape index (κ1) is 27.0. The first-order valence-electron chi connectivity index (χ1n) is 14.2. The maximum Gasteiger partial charge on any atom is 0.254 e. The molecule has 1 fully saturated rings. The minimum Gasteiger partial charge on any atom is -0.448 e. The highest BCUT2D eigenvalue weighted by Crippen LogP contribution is 2.55. The van der Waals surface area contributed by atoms with Gasteiger partial charge in [-0.05, 0) is 84.2 Å². The van der Waals surface area contributed by atoms with Crippen molar-refractivity contribution < 1.29 is 14.3 Å². The van der Waals surface area contributed by atoms with Crippen LogP contribution in [0.2, 0.25) is 0 Å². The molecule has 1 amide bonds. The van der Waals surface area contributed by atoms with Crippen LogP contribution in [0.15, 0.2) is 22.6 Å². The molecule has 1 atom stereocenters. The molecule has 2 aliphatic heterocycles. The van der Waals surface area contributed by atoms with E-state index in [2.05, 4.69) is 35.9 Å². The van der Waals surface area contributed by atoms with Gasteiger partial charge in [0.25, 0.3) is 17.3 Å². The monoisotopic (exact) mass is 562 g/mol. The summed E-state index contributed by atoms with van der Waals surface area (Å²) in [5.74, 6) is 0.799. The molecule has 3 aromatic rings. The summed E-state index contributed by atoms with van der Waals surface area (Å²) in [4.78, 5) is 39.2. The number of aromatic amines is 1. The van der Waals surface area contributed by atoms with E-state index >= 15 is 0 Å². The average Bonchev–Trinajstić information content (AvgIpc) is 3.56. The second kappa shape index (κ2) is 10.0. The van der Waals surface area contributed by atoms with Crippen LogP contribution < -0.4 is 15.0 Å². The van der Waals surface area contributed by atoms with E-state index < -0.39 is 5.79 Å². The Labute approximate surface area is 239 Å². The largest absolute Gasteiger partial charge is 0.448 e. The Morgan fingerprint density at radius 1 is 1.10 bits per heavy atom. The highest BCUT2D eigenvalue weighted by Gasteiger charge is 2.49. The number of ether oxygens (including phenoxy) is 2. The molecule has 0 bridgehead atoms. The van der Waals surface area contributed by atoms with Crippen molar-refractivity contribution in [2.24, 2.45) is 5.92 Å². The molecule has 2 aromatic heterocycles. The van der Waals surface area contributed by atoms with Crippen molar-refractivity contribution in [1.29, 1.82) is 0 Å². The van der Waals surface area contributed by atoms with Crippen LogP contribution in [0.5, 0.6) is 11.5 Å². The minimum absolute atomic E-state index is 0.0737. The van der Waals surface area contributed by atoms with Gasteiger partial charge in [-0.2, -0.15) is 0 Å². The Morgan fingerprint density at radius 3 is 2.48 bits per heavy atom. The average molecular weight is 563 g/mol. The van der Waals surface area contributed by atoms with Crippen LogP contribution in [-0.2, 0) is 13.0 Å². The fraction of sp³-hybridized carbons (Fsp3) is 0.516. The predicted octanol–water partition coefficient (Wildman–Crippen LogP) is 5.23. The number of aryl methyl sites for hydroxylation is 2. The lowest BCUT2D eigenvalue weighted by molar-refractivity contribution is -0.123. The number of pyridine rings is 1. The zero-order valence-corrected chi connectivity index (χ0v) is 25.0. The zero-order chi connectivity index (χ0) is 28.3. The molecule has 3 aliphatic rings. The molecule has 1 aliphatic carbocycles. The summed E-state index contributed by atoms with van der Waals surface area (Å²) in [6.07, 6.45) is 6.79. The highest BCUT2D eigenvalue weighted by molar-refractivity contribution is 7.13. The molecule has 1 N–H and O–H groups in total. The summed E-state index contributed by atoms with van der Waals surface area (Å²) in [7, 11) is 4.30. The lowest BCUT2D eigenvalue weighted by Gasteiger charge is -2.39. The normalized spacial score (nSPS) is 24.1. The van der Waals surface area contributed by atoms with Gasteiger partial charge in [0, 0.05) is 54.0 Å². The first-order chi connectivity index (χ1) is 19.1. The molecular formula is C31H38N4O4S. The fourth-order valence-corrected chi connectivity index (χ4v) is 7.57. The number of hydrogen-bond acceptors (Lipinski definition) is 7. The van der Waals surface area contributed by atoms with Crippen LogP contribution in [0.25, 0.3) is 10.4 Å². The Morgan fingerprint density at radius 2 is 1.82 bits per heavy atom. The number of thiazole rings is 1. The zero-order valence-electron chi connectivity index (χ0n) is 24.2. The number of carbonyl (C=O) groups excluding carboxylic acids is 1. The highest BCUT2D eigenvalue weighted by atomic mass is 32.1. The van der Waals surface area contributed by atoms with Gasteiger partial charge in [0.15, 0.2) is 11.5 Å². The van der Waals surface area contributed by atoms with Gasteiger partial charge in [-0.25, -0.2) is 0 Å². The number of hydrogen-bond donors (Lipinski definition) is 1. The first-order valence-corrected chi connectivity index (χ1v) is 15.1. The molecule has 0 radical (unpaired) electrons. The fourth-order valence-electron chi connectivity index (χ4n) is 6.88. The maximum atomic E-state index is 14.1. The second-order valence-corrected chi connectivity index (χ2v) is 12.9. The maximum absolute atomic E-state index is 14.1. The van der Waals surface area contributed by atoms with E-state index in [1.165, 1.54) is 0 Å². The summed E-state index contributed by atoms with van der Waals surface area (Å²) >= 11 is 1.55. The quantitative estimate of drug-likeness (QED) is 0.458. The van der Waals surface area contributed by atoms with E-state index in [1.807, 2.05) is 38.5 Å². The Hall–Kier alpha value is -3.17. The van der Waals surface area contributed by atoms with Gasteiger partial charge in [-0.15, -0.1) is 11.3 Å². The van der Waals surface area contributed by atoms with Gasteiger partial charge in [-0.3, -0.25) is 14.6 Å². The molecule has 0 spiro atoms. The number of benzene rings is 1. The molecule has 8 nitrogen and oxygen atoms in total. The molecule has 212 valence electrons. The van der Waals surface area contributed by atoms with Gasteiger partial charge in [-0.1, -0.05) is 0 Å². The number of H-pyrrole nitrogens is 1. The summed E-state index contributed by atoms with van der Waals surface area (Å²) in [6.45, 7) is 8.62. The summed E-state index contributed by atoms with van der Waals surface area (Å²) in [5, 5.41) is 0. The number of nitrogens with one attached hydrogen (secondary N) is 1. The van der Waals surface area contributed by atoms with Crippen LogP contribution >= 0.6 is 11.3 Å². The van der Waals surface area contributed by atoms with Gasteiger partial charge < -0.3 is 24.3 Å². The van der Waals surface area contributed by atoms with Gasteiger partial charge >= 0.3 is 0 Å². The van der Waals surface area contributed by atoms with E-state index in [-0.39, 0.29) is 23.9 Å². The topological polar surface area (TPSA) is 87.8 Å². The molecule has 40 heavy (non-hydrogen) atoms. The molecule has 0 unspecified atom stereocenters. The van der Waals surface area contributed by atoms with E-state index in [0.717, 1.165) is 64.3 Å². The minimum atomic E-state index is -0.789. The molecule has 1 saturated carbocycles. The van der Waals surface area contributed by atoms with Crippen LogP contribution in [0, 0.1) is 26.7 Å². The van der Waals surface area contributed by atoms with E-state index in [1.54, 1.807) is 16.2 Å². The summed E-state index contributed by atoms with van der Waals surface area (Å²) in [6, 6.07) is 2.54. The number of rotatable bonds is 5.